The molecule has 96 valence electrons. The molecule has 0 aliphatic carbocycles. The molecule has 1 rings (SSSR count). The van der Waals surface area contributed by atoms with E-state index in [4.69, 9.17) is 0 Å². The Balaban J connectivity index is 3.05. The Hall–Kier alpha value is -1.10. The normalized spacial score (nSPS) is 14.1. The first-order valence-electron chi connectivity index (χ1n) is 5.26. The quantitative estimate of drug-likeness (QED) is 0.806. The monoisotopic (exact) mass is 250 g/mol. The molecule has 0 aliphatic heterocycles. The van der Waals surface area contributed by atoms with Crippen molar-refractivity contribution < 1.29 is 22.7 Å². The molecule has 0 heterocycles. The van der Waals surface area contributed by atoms with Crippen LogP contribution in [0.2, 0.25) is 0 Å². The van der Waals surface area contributed by atoms with E-state index < -0.39 is 23.7 Å². The molecule has 0 aliphatic rings. The van der Waals surface area contributed by atoms with Crippen molar-refractivity contribution in [1.82, 2.24) is 0 Å². The van der Waals surface area contributed by atoms with Crippen molar-refractivity contribution in [3.63, 3.8) is 0 Å². The molecule has 0 aromatic heterocycles. The Bertz CT molecular complexity index is 385. The number of benzene rings is 1. The smallest absolute Gasteiger partial charge is 0.388 e. The molecule has 0 amide bonds. The summed E-state index contributed by atoms with van der Waals surface area (Å²) in [5.74, 6) is -0.875. The Morgan fingerprint density at radius 3 is 2.24 bits per heavy atom. The van der Waals surface area contributed by atoms with E-state index in [-0.39, 0.29) is 11.5 Å². The van der Waals surface area contributed by atoms with Crippen LogP contribution in [0.4, 0.5) is 17.6 Å². The molecular formula is C12H14F4O. The van der Waals surface area contributed by atoms with Crippen molar-refractivity contribution >= 4 is 0 Å². The third kappa shape index (κ3) is 4.00. The molecule has 1 unspecified atom stereocenters. The molecule has 0 saturated heterocycles. The van der Waals surface area contributed by atoms with E-state index in [2.05, 4.69) is 0 Å². The zero-order chi connectivity index (χ0) is 13.2. The fourth-order valence-corrected chi connectivity index (χ4v) is 1.55. The van der Waals surface area contributed by atoms with Gasteiger partial charge in [0.1, 0.15) is 5.82 Å². The van der Waals surface area contributed by atoms with Crippen LogP contribution in [0.5, 0.6) is 0 Å². The Morgan fingerprint density at radius 2 is 1.76 bits per heavy atom. The van der Waals surface area contributed by atoms with Crippen LogP contribution in [0.1, 0.15) is 37.5 Å². The zero-order valence-corrected chi connectivity index (χ0v) is 9.55. The van der Waals surface area contributed by atoms with Gasteiger partial charge in [-0.1, -0.05) is 13.8 Å². The second-order valence-electron chi connectivity index (χ2n) is 4.42. The number of halogens is 4. The van der Waals surface area contributed by atoms with E-state index in [1.807, 2.05) is 13.8 Å². The average Bonchev–Trinajstić information content (AvgIpc) is 2.14. The summed E-state index contributed by atoms with van der Waals surface area (Å²) in [6.45, 7) is 3.65. The lowest BCUT2D eigenvalue weighted by atomic mass is 9.98. The van der Waals surface area contributed by atoms with Gasteiger partial charge in [0, 0.05) is 0 Å². The number of aliphatic hydroxyl groups excluding tert-OH is 1. The van der Waals surface area contributed by atoms with Crippen LogP contribution in [0, 0.1) is 11.7 Å². The summed E-state index contributed by atoms with van der Waals surface area (Å²) < 4.78 is 50.3. The van der Waals surface area contributed by atoms with Crippen LogP contribution in [0.15, 0.2) is 18.2 Å². The highest BCUT2D eigenvalue weighted by molar-refractivity contribution is 5.28. The van der Waals surface area contributed by atoms with Crippen molar-refractivity contribution in [1.29, 1.82) is 0 Å². The maximum absolute atomic E-state index is 13.0. The standard InChI is InChI=1S/C12H14F4O/c1-7(2)3-11(17)8-4-9(12(14,15)16)6-10(13)5-8/h4-7,11,17H,3H2,1-2H3. The molecular weight excluding hydrogens is 236 g/mol. The third-order valence-corrected chi connectivity index (χ3v) is 2.33. The molecule has 17 heavy (non-hydrogen) atoms. The summed E-state index contributed by atoms with van der Waals surface area (Å²) in [6.07, 6.45) is -5.39. The van der Waals surface area contributed by atoms with E-state index in [1.165, 1.54) is 0 Å². The lowest BCUT2D eigenvalue weighted by Gasteiger charge is -2.15. The van der Waals surface area contributed by atoms with Gasteiger partial charge in [-0.05, 0) is 36.1 Å². The van der Waals surface area contributed by atoms with Crippen LogP contribution in [0.25, 0.3) is 0 Å². The van der Waals surface area contributed by atoms with Gasteiger partial charge >= 0.3 is 6.18 Å². The van der Waals surface area contributed by atoms with E-state index in [9.17, 15) is 22.7 Å². The van der Waals surface area contributed by atoms with E-state index >= 15 is 0 Å². The van der Waals surface area contributed by atoms with Crippen molar-refractivity contribution in [3.8, 4) is 0 Å². The molecule has 1 nitrogen and oxygen atoms in total. The number of hydrogen-bond acceptors (Lipinski definition) is 1. The second-order valence-corrected chi connectivity index (χ2v) is 4.42. The number of aliphatic hydroxyl groups is 1. The van der Waals surface area contributed by atoms with Crippen molar-refractivity contribution in [3.05, 3.63) is 35.1 Å². The van der Waals surface area contributed by atoms with Crippen molar-refractivity contribution in [2.75, 3.05) is 0 Å². The van der Waals surface area contributed by atoms with E-state index in [0.717, 1.165) is 12.1 Å². The van der Waals surface area contributed by atoms with Gasteiger partial charge in [0.15, 0.2) is 0 Å². The van der Waals surface area contributed by atoms with Gasteiger partial charge in [-0.25, -0.2) is 4.39 Å². The fourth-order valence-electron chi connectivity index (χ4n) is 1.55. The topological polar surface area (TPSA) is 20.2 Å². The molecule has 0 spiro atoms. The number of alkyl halides is 3. The summed E-state index contributed by atoms with van der Waals surface area (Å²) in [5, 5.41) is 9.67. The lowest BCUT2D eigenvalue weighted by molar-refractivity contribution is -0.137. The molecule has 1 aromatic rings. The van der Waals surface area contributed by atoms with Crippen LogP contribution in [-0.4, -0.2) is 5.11 Å². The van der Waals surface area contributed by atoms with Gasteiger partial charge in [0.2, 0.25) is 0 Å². The molecule has 0 bridgehead atoms. The molecule has 0 radical (unpaired) electrons. The highest BCUT2D eigenvalue weighted by Crippen LogP contribution is 2.32. The van der Waals surface area contributed by atoms with Gasteiger partial charge in [0.25, 0.3) is 0 Å². The summed E-state index contributed by atoms with van der Waals surface area (Å²) in [7, 11) is 0. The predicted octanol–water partition coefficient (Wildman–Crippen LogP) is 3.92. The first kappa shape index (κ1) is 14.0. The van der Waals surface area contributed by atoms with E-state index in [1.54, 1.807) is 0 Å². The molecule has 0 fully saturated rings. The van der Waals surface area contributed by atoms with Gasteiger partial charge in [-0.2, -0.15) is 13.2 Å². The van der Waals surface area contributed by atoms with Crippen LogP contribution >= 0.6 is 0 Å². The van der Waals surface area contributed by atoms with Crippen molar-refractivity contribution in [2.45, 2.75) is 32.5 Å². The molecule has 5 heteroatoms. The molecule has 1 atom stereocenters. The molecule has 0 saturated carbocycles. The number of hydrogen-bond donors (Lipinski definition) is 1. The Kier molecular flexibility index (Phi) is 4.14. The maximum atomic E-state index is 13.0. The molecule has 1 aromatic carbocycles. The largest absolute Gasteiger partial charge is 0.416 e. The zero-order valence-electron chi connectivity index (χ0n) is 9.55. The van der Waals surface area contributed by atoms with Crippen LogP contribution in [-0.2, 0) is 6.18 Å². The highest BCUT2D eigenvalue weighted by atomic mass is 19.4. The van der Waals surface area contributed by atoms with E-state index in [0.29, 0.717) is 12.5 Å². The lowest BCUT2D eigenvalue weighted by Crippen LogP contribution is -2.09. The summed E-state index contributed by atoms with van der Waals surface area (Å²) in [6, 6.07) is 2.14. The first-order chi connectivity index (χ1) is 7.70. The SMILES string of the molecule is CC(C)CC(O)c1cc(F)cc(C(F)(F)F)c1. The molecule has 1 N–H and O–H groups in total. The van der Waals surface area contributed by atoms with Gasteiger partial charge in [0.05, 0.1) is 11.7 Å². The van der Waals surface area contributed by atoms with Gasteiger partial charge in [-0.3, -0.25) is 0 Å². The maximum Gasteiger partial charge on any atom is 0.416 e. The third-order valence-electron chi connectivity index (χ3n) is 2.33. The minimum Gasteiger partial charge on any atom is -0.388 e. The van der Waals surface area contributed by atoms with Gasteiger partial charge in [-0.15, -0.1) is 0 Å². The number of rotatable bonds is 3. The van der Waals surface area contributed by atoms with Crippen LogP contribution in [0.3, 0.4) is 0 Å². The summed E-state index contributed by atoms with van der Waals surface area (Å²) >= 11 is 0. The summed E-state index contributed by atoms with van der Waals surface area (Å²) in [4.78, 5) is 0. The average molecular weight is 250 g/mol. The Labute approximate surface area is 97.1 Å². The predicted molar refractivity (Wildman–Crippen MR) is 55.8 cm³/mol. The van der Waals surface area contributed by atoms with Crippen LogP contribution < -0.4 is 0 Å². The highest BCUT2D eigenvalue weighted by Gasteiger charge is 2.31. The second kappa shape index (κ2) is 5.04. The Morgan fingerprint density at radius 1 is 1.18 bits per heavy atom. The summed E-state index contributed by atoms with van der Waals surface area (Å²) in [5.41, 5.74) is -1.11. The minimum absolute atomic E-state index is 0.0361. The fraction of sp³-hybridized carbons (Fsp3) is 0.500. The van der Waals surface area contributed by atoms with Gasteiger partial charge < -0.3 is 5.11 Å². The minimum atomic E-state index is -4.60. The first-order valence-corrected chi connectivity index (χ1v) is 5.26. The van der Waals surface area contributed by atoms with Crippen molar-refractivity contribution in [2.24, 2.45) is 5.92 Å².